The minimum absolute atomic E-state index is 0.0901. The number of carboxylic acids is 1. The molecule has 0 atom stereocenters. The molecule has 2 N–H and O–H groups in total. The van der Waals surface area contributed by atoms with Gasteiger partial charge in [0.05, 0.1) is 11.5 Å². The van der Waals surface area contributed by atoms with Gasteiger partial charge in [0.25, 0.3) is 0 Å². The number of carbonyl (C=O) groups excluding carboxylic acids is 2. The van der Waals surface area contributed by atoms with Crippen LogP contribution in [0.25, 0.3) is 0 Å². The van der Waals surface area contributed by atoms with Crippen LogP contribution in [-0.4, -0.2) is 70.5 Å². The first-order valence-electron chi connectivity index (χ1n) is 7.76. The van der Waals surface area contributed by atoms with Crippen molar-refractivity contribution in [1.82, 2.24) is 9.80 Å². The molecule has 0 saturated carbocycles. The molecule has 1 fully saturated rings. The van der Waals surface area contributed by atoms with Crippen molar-refractivity contribution in [3.8, 4) is 0 Å². The third-order valence-corrected chi connectivity index (χ3v) is 5.10. The lowest BCUT2D eigenvalue weighted by atomic mass is 10.2. The van der Waals surface area contributed by atoms with Crippen molar-refractivity contribution < 1.29 is 19.5 Å². The maximum atomic E-state index is 12.3. The molecule has 0 radical (unpaired) electrons. The van der Waals surface area contributed by atoms with Crippen molar-refractivity contribution >= 4 is 47.0 Å². The highest BCUT2D eigenvalue weighted by atomic mass is 35.5. The quantitative estimate of drug-likeness (QED) is 0.810. The van der Waals surface area contributed by atoms with Crippen LogP contribution in [0, 0.1) is 6.92 Å². The monoisotopic (exact) mass is 385 g/mol. The largest absolute Gasteiger partial charge is 0.481 e. The van der Waals surface area contributed by atoms with Crippen LogP contribution in [0.4, 0.5) is 10.5 Å². The first-order chi connectivity index (χ1) is 11.9. The fourth-order valence-corrected chi connectivity index (χ4v) is 3.16. The van der Waals surface area contributed by atoms with Gasteiger partial charge in [-0.1, -0.05) is 17.7 Å². The molecule has 3 amide bonds. The summed E-state index contributed by atoms with van der Waals surface area (Å²) in [4.78, 5) is 38.0. The summed E-state index contributed by atoms with van der Waals surface area (Å²) in [6, 6.07) is 5.10. The SMILES string of the molecule is Cc1ccc(NC(=O)N2CCN(C(=O)CSCC(=O)O)CC2)cc1Cl. The highest BCUT2D eigenvalue weighted by molar-refractivity contribution is 8.00. The minimum Gasteiger partial charge on any atom is -0.481 e. The van der Waals surface area contributed by atoms with Gasteiger partial charge >= 0.3 is 12.0 Å². The number of aryl methyl sites for hydroxylation is 1. The van der Waals surface area contributed by atoms with Crippen LogP contribution in [-0.2, 0) is 9.59 Å². The molecule has 1 heterocycles. The van der Waals surface area contributed by atoms with Gasteiger partial charge in [0, 0.05) is 36.9 Å². The van der Waals surface area contributed by atoms with Gasteiger partial charge in [0.1, 0.15) is 0 Å². The van der Waals surface area contributed by atoms with Crippen molar-refractivity contribution in [3.05, 3.63) is 28.8 Å². The predicted octanol–water partition coefficient (Wildman–Crippen LogP) is 2.14. The maximum Gasteiger partial charge on any atom is 0.321 e. The van der Waals surface area contributed by atoms with Crippen LogP contribution < -0.4 is 5.32 Å². The smallest absolute Gasteiger partial charge is 0.321 e. The number of carbonyl (C=O) groups is 3. The molecule has 7 nitrogen and oxygen atoms in total. The summed E-state index contributed by atoms with van der Waals surface area (Å²) in [5, 5.41) is 12.0. The molecular formula is C16H20ClN3O4S. The number of benzene rings is 1. The molecule has 25 heavy (non-hydrogen) atoms. The fourth-order valence-electron chi connectivity index (χ4n) is 2.35. The highest BCUT2D eigenvalue weighted by Gasteiger charge is 2.24. The van der Waals surface area contributed by atoms with Crippen LogP contribution >= 0.6 is 23.4 Å². The Morgan fingerprint density at radius 1 is 1.16 bits per heavy atom. The Balaban J connectivity index is 1.78. The first-order valence-corrected chi connectivity index (χ1v) is 9.29. The number of anilines is 1. The molecule has 0 aromatic heterocycles. The Hall–Kier alpha value is -1.93. The number of rotatable bonds is 5. The Kier molecular flexibility index (Phi) is 6.95. The third-order valence-electron chi connectivity index (χ3n) is 3.79. The molecule has 2 rings (SSSR count). The van der Waals surface area contributed by atoms with E-state index in [4.69, 9.17) is 16.7 Å². The number of halogens is 1. The summed E-state index contributed by atoms with van der Waals surface area (Å²) >= 11 is 7.13. The first kappa shape index (κ1) is 19.4. The second-order valence-corrected chi connectivity index (χ2v) is 7.04. The zero-order valence-corrected chi connectivity index (χ0v) is 15.4. The highest BCUT2D eigenvalue weighted by Crippen LogP contribution is 2.20. The van der Waals surface area contributed by atoms with E-state index in [1.54, 1.807) is 21.9 Å². The number of nitrogens with zero attached hydrogens (tertiary/aromatic N) is 2. The zero-order chi connectivity index (χ0) is 18.4. The summed E-state index contributed by atoms with van der Waals surface area (Å²) in [7, 11) is 0. The molecular weight excluding hydrogens is 366 g/mol. The lowest BCUT2D eigenvalue weighted by molar-refractivity contribution is -0.133. The van der Waals surface area contributed by atoms with E-state index in [9.17, 15) is 14.4 Å². The van der Waals surface area contributed by atoms with E-state index in [2.05, 4.69) is 5.32 Å². The topological polar surface area (TPSA) is 90.0 Å². The van der Waals surface area contributed by atoms with E-state index < -0.39 is 5.97 Å². The Morgan fingerprint density at radius 3 is 2.40 bits per heavy atom. The molecule has 1 saturated heterocycles. The molecule has 136 valence electrons. The Morgan fingerprint density at radius 2 is 1.80 bits per heavy atom. The number of nitrogens with one attached hydrogen (secondary N) is 1. The van der Waals surface area contributed by atoms with E-state index in [0.717, 1.165) is 17.3 Å². The average Bonchev–Trinajstić information content (AvgIpc) is 2.58. The number of aliphatic carboxylic acids is 1. The molecule has 9 heteroatoms. The number of hydrogen-bond acceptors (Lipinski definition) is 4. The molecule has 0 spiro atoms. The van der Waals surface area contributed by atoms with Crippen LogP contribution in [0.1, 0.15) is 5.56 Å². The van der Waals surface area contributed by atoms with Gasteiger partial charge in [-0.15, -0.1) is 11.8 Å². The summed E-state index contributed by atoms with van der Waals surface area (Å²) in [5.74, 6) is -0.986. The molecule has 1 aromatic rings. The molecule has 0 bridgehead atoms. The van der Waals surface area contributed by atoms with E-state index >= 15 is 0 Å². The Bertz CT molecular complexity index is 663. The number of thioether (sulfide) groups is 1. The van der Waals surface area contributed by atoms with Gasteiger partial charge in [0.15, 0.2) is 0 Å². The van der Waals surface area contributed by atoms with Crippen molar-refractivity contribution in [2.24, 2.45) is 0 Å². The lowest BCUT2D eigenvalue weighted by Gasteiger charge is -2.34. The van der Waals surface area contributed by atoms with E-state index in [-0.39, 0.29) is 23.4 Å². The number of piperazine rings is 1. The van der Waals surface area contributed by atoms with Crippen molar-refractivity contribution in [2.45, 2.75) is 6.92 Å². The number of carboxylic acid groups (broad SMARTS) is 1. The standard InChI is InChI=1S/C16H20ClN3O4S/c1-11-2-3-12(8-13(11)17)18-16(24)20-6-4-19(5-7-20)14(21)9-25-10-15(22)23/h2-3,8H,4-7,9-10H2,1H3,(H,18,24)(H,22,23). The van der Waals surface area contributed by atoms with Crippen LogP contribution in [0.3, 0.4) is 0 Å². The van der Waals surface area contributed by atoms with Gasteiger partial charge in [0.2, 0.25) is 5.91 Å². The lowest BCUT2D eigenvalue weighted by Crippen LogP contribution is -2.52. The molecule has 1 aliphatic rings. The Labute approximate surface area is 155 Å². The van der Waals surface area contributed by atoms with Gasteiger partial charge in [-0.3, -0.25) is 9.59 Å². The van der Waals surface area contributed by atoms with Crippen molar-refractivity contribution in [3.63, 3.8) is 0 Å². The van der Waals surface area contributed by atoms with Crippen LogP contribution in [0.2, 0.25) is 5.02 Å². The molecule has 1 aliphatic heterocycles. The van der Waals surface area contributed by atoms with Gasteiger partial charge in [-0.05, 0) is 24.6 Å². The zero-order valence-electron chi connectivity index (χ0n) is 13.8. The molecule has 0 unspecified atom stereocenters. The number of amides is 3. The summed E-state index contributed by atoms with van der Waals surface area (Å²) in [5.41, 5.74) is 1.57. The predicted molar refractivity (Wildman–Crippen MR) is 98.3 cm³/mol. The van der Waals surface area contributed by atoms with Gasteiger partial charge < -0.3 is 20.2 Å². The second kappa shape index (κ2) is 8.96. The van der Waals surface area contributed by atoms with Crippen molar-refractivity contribution in [1.29, 1.82) is 0 Å². The van der Waals surface area contributed by atoms with E-state index in [1.165, 1.54) is 0 Å². The van der Waals surface area contributed by atoms with Crippen LogP contribution in [0.5, 0.6) is 0 Å². The van der Waals surface area contributed by atoms with E-state index in [0.29, 0.717) is 36.9 Å². The number of hydrogen-bond donors (Lipinski definition) is 2. The summed E-state index contributed by atoms with van der Waals surface area (Å²) in [6.45, 7) is 3.63. The minimum atomic E-state index is -0.935. The second-order valence-electron chi connectivity index (χ2n) is 5.65. The van der Waals surface area contributed by atoms with Crippen molar-refractivity contribution in [2.75, 3.05) is 43.0 Å². The normalized spacial score (nSPS) is 14.3. The fraction of sp³-hybridized carbons (Fsp3) is 0.438. The van der Waals surface area contributed by atoms with Crippen LogP contribution in [0.15, 0.2) is 18.2 Å². The number of urea groups is 1. The summed E-state index contributed by atoms with van der Waals surface area (Å²) < 4.78 is 0. The van der Waals surface area contributed by atoms with E-state index in [1.807, 2.05) is 13.0 Å². The third kappa shape index (κ3) is 5.82. The average molecular weight is 386 g/mol. The van der Waals surface area contributed by atoms with Gasteiger partial charge in [-0.25, -0.2) is 4.79 Å². The molecule has 1 aromatic carbocycles. The molecule has 0 aliphatic carbocycles. The van der Waals surface area contributed by atoms with Gasteiger partial charge in [-0.2, -0.15) is 0 Å². The summed E-state index contributed by atoms with van der Waals surface area (Å²) in [6.07, 6.45) is 0. The maximum absolute atomic E-state index is 12.3.